The Morgan fingerprint density at radius 1 is 1.24 bits per heavy atom. The summed E-state index contributed by atoms with van der Waals surface area (Å²) in [7, 11) is 0. The maximum absolute atomic E-state index is 13.2. The van der Waals surface area contributed by atoms with Crippen LogP contribution < -0.4 is 5.32 Å². The molecule has 2 nitrogen and oxygen atoms in total. The van der Waals surface area contributed by atoms with Crippen LogP contribution in [0.5, 0.6) is 0 Å². The number of rotatable bonds is 2. The first-order valence-electron chi connectivity index (χ1n) is 6.19. The van der Waals surface area contributed by atoms with Gasteiger partial charge in [0.25, 0.3) is 0 Å². The van der Waals surface area contributed by atoms with Crippen molar-refractivity contribution < 1.29 is 4.39 Å². The van der Waals surface area contributed by atoms with E-state index in [0.717, 1.165) is 18.7 Å². The second-order valence-corrected chi connectivity index (χ2v) is 5.38. The van der Waals surface area contributed by atoms with Crippen molar-refractivity contribution in [2.24, 2.45) is 0 Å². The van der Waals surface area contributed by atoms with Gasteiger partial charge in [0.15, 0.2) is 0 Å². The Kier molecular flexibility index (Phi) is 2.97. The van der Waals surface area contributed by atoms with Gasteiger partial charge in [0.2, 0.25) is 0 Å². The normalized spacial score (nSPS) is 28.4. The van der Waals surface area contributed by atoms with E-state index in [4.69, 9.17) is 11.6 Å². The molecule has 1 aromatic carbocycles. The van der Waals surface area contributed by atoms with E-state index in [9.17, 15) is 4.39 Å². The first kappa shape index (κ1) is 11.3. The van der Waals surface area contributed by atoms with Crippen molar-refractivity contribution in [1.82, 2.24) is 4.90 Å². The van der Waals surface area contributed by atoms with E-state index in [1.54, 1.807) is 6.07 Å². The van der Waals surface area contributed by atoms with E-state index < -0.39 is 0 Å². The third kappa shape index (κ3) is 2.26. The summed E-state index contributed by atoms with van der Waals surface area (Å²) < 4.78 is 13.2. The van der Waals surface area contributed by atoms with Crippen LogP contribution in [0.4, 0.5) is 10.1 Å². The van der Waals surface area contributed by atoms with Gasteiger partial charge in [-0.05, 0) is 44.0 Å². The zero-order chi connectivity index (χ0) is 11.8. The summed E-state index contributed by atoms with van der Waals surface area (Å²) in [6.07, 6.45) is 3.67. The van der Waals surface area contributed by atoms with E-state index in [1.807, 2.05) is 0 Å². The van der Waals surface area contributed by atoms with Crippen LogP contribution in [0.3, 0.4) is 0 Å². The van der Waals surface area contributed by atoms with Gasteiger partial charge in [0.1, 0.15) is 5.82 Å². The van der Waals surface area contributed by atoms with Crippen molar-refractivity contribution in [3.8, 4) is 0 Å². The lowest BCUT2D eigenvalue weighted by atomic mass is 10.1. The second-order valence-electron chi connectivity index (χ2n) is 4.94. The van der Waals surface area contributed by atoms with Gasteiger partial charge >= 0.3 is 0 Å². The minimum Gasteiger partial charge on any atom is -0.381 e. The zero-order valence-electron chi connectivity index (χ0n) is 9.63. The molecule has 4 heteroatoms. The number of halogens is 2. The van der Waals surface area contributed by atoms with Gasteiger partial charge < -0.3 is 5.32 Å². The molecule has 2 fully saturated rings. The lowest BCUT2D eigenvalue weighted by molar-refractivity contribution is 0.318. The Labute approximate surface area is 106 Å². The standard InChI is InChI=1S/C13H16ClFN2/c14-9-6-10(15)8-11(7-9)16-12-3-5-17-4-1-2-13(12)17/h6-8,12-13,16H,1-5H2. The predicted octanol–water partition coefficient (Wildman–Crippen LogP) is 3.13. The number of benzene rings is 1. The van der Waals surface area contributed by atoms with Crippen molar-refractivity contribution in [3.63, 3.8) is 0 Å². The lowest BCUT2D eigenvalue weighted by Gasteiger charge is -2.22. The topological polar surface area (TPSA) is 15.3 Å². The minimum atomic E-state index is -0.277. The molecule has 0 aromatic heterocycles. The lowest BCUT2D eigenvalue weighted by Crippen LogP contribution is -2.33. The van der Waals surface area contributed by atoms with Crippen molar-refractivity contribution in [2.45, 2.75) is 31.3 Å². The summed E-state index contributed by atoms with van der Waals surface area (Å²) in [5.74, 6) is -0.277. The summed E-state index contributed by atoms with van der Waals surface area (Å²) in [5.41, 5.74) is 0.800. The summed E-state index contributed by atoms with van der Waals surface area (Å²) in [6, 6.07) is 5.71. The molecule has 2 atom stereocenters. The summed E-state index contributed by atoms with van der Waals surface area (Å²) >= 11 is 5.86. The summed E-state index contributed by atoms with van der Waals surface area (Å²) in [6.45, 7) is 2.37. The average molecular weight is 255 g/mol. The van der Waals surface area contributed by atoms with Crippen LogP contribution in [0.1, 0.15) is 19.3 Å². The quantitative estimate of drug-likeness (QED) is 0.872. The number of fused-ring (bicyclic) bond motifs is 1. The van der Waals surface area contributed by atoms with Gasteiger partial charge in [-0.25, -0.2) is 4.39 Å². The molecule has 0 aliphatic carbocycles. The van der Waals surface area contributed by atoms with E-state index >= 15 is 0 Å². The SMILES string of the molecule is Fc1cc(Cl)cc(NC2CCN3CCCC23)c1. The molecule has 1 aromatic rings. The third-order valence-electron chi connectivity index (χ3n) is 3.82. The van der Waals surface area contributed by atoms with E-state index in [0.29, 0.717) is 17.1 Å². The highest BCUT2D eigenvalue weighted by Gasteiger charge is 2.36. The van der Waals surface area contributed by atoms with E-state index in [1.165, 1.54) is 31.5 Å². The summed E-state index contributed by atoms with van der Waals surface area (Å²) in [4.78, 5) is 2.53. The fraction of sp³-hybridized carbons (Fsp3) is 0.538. The minimum absolute atomic E-state index is 0.277. The fourth-order valence-corrected chi connectivity index (χ4v) is 3.32. The van der Waals surface area contributed by atoms with Crippen molar-refractivity contribution in [2.75, 3.05) is 18.4 Å². The van der Waals surface area contributed by atoms with Crippen LogP contribution in [-0.4, -0.2) is 30.1 Å². The first-order chi connectivity index (χ1) is 8.22. The molecule has 0 amide bonds. The van der Waals surface area contributed by atoms with Crippen LogP contribution in [0.2, 0.25) is 5.02 Å². The molecule has 3 rings (SSSR count). The fourth-order valence-electron chi connectivity index (χ4n) is 3.10. The Hall–Kier alpha value is -0.800. The van der Waals surface area contributed by atoms with Crippen LogP contribution in [0.25, 0.3) is 0 Å². The third-order valence-corrected chi connectivity index (χ3v) is 4.04. The highest BCUT2D eigenvalue weighted by molar-refractivity contribution is 6.30. The molecule has 2 saturated heterocycles. The van der Waals surface area contributed by atoms with Gasteiger partial charge in [-0.1, -0.05) is 11.6 Å². The zero-order valence-corrected chi connectivity index (χ0v) is 10.4. The average Bonchev–Trinajstić information content (AvgIpc) is 2.81. The summed E-state index contributed by atoms with van der Waals surface area (Å²) in [5, 5.41) is 3.88. The molecule has 2 aliphatic heterocycles. The predicted molar refractivity (Wildman–Crippen MR) is 68.0 cm³/mol. The van der Waals surface area contributed by atoms with Gasteiger partial charge in [0, 0.05) is 29.3 Å². The largest absolute Gasteiger partial charge is 0.381 e. The molecular weight excluding hydrogens is 239 g/mol. The molecule has 2 aliphatic rings. The molecule has 1 N–H and O–H groups in total. The van der Waals surface area contributed by atoms with Gasteiger partial charge in [-0.2, -0.15) is 0 Å². The Morgan fingerprint density at radius 2 is 2.12 bits per heavy atom. The molecule has 0 spiro atoms. The monoisotopic (exact) mass is 254 g/mol. The maximum atomic E-state index is 13.2. The number of anilines is 1. The van der Waals surface area contributed by atoms with E-state index in [-0.39, 0.29) is 5.82 Å². The molecule has 2 unspecified atom stereocenters. The highest BCUT2D eigenvalue weighted by Crippen LogP contribution is 2.30. The van der Waals surface area contributed by atoms with Gasteiger partial charge in [-0.15, -0.1) is 0 Å². The smallest absolute Gasteiger partial charge is 0.126 e. The number of nitrogens with zero attached hydrogens (tertiary/aromatic N) is 1. The van der Waals surface area contributed by atoms with Crippen molar-refractivity contribution in [1.29, 1.82) is 0 Å². The number of hydrogen-bond acceptors (Lipinski definition) is 2. The Bertz CT molecular complexity index is 404. The first-order valence-corrected chi connectivity index (χ1v) is 6.57. The number of nitrogens with one attached hydrogen (secondary N) is 1. The Morgan fingerprint density at radius 3 is 2.94 bits per heavy atom. The molecule has 0 saturated carbocycles. The maximum Gasteiger partial charge on any atom is 0.126 e. The molecule has 0 radical (unpaired) electrons. The van der Waals surface area contributed by atoms with Crippen LogP contribution in [-0.2, 0) is 0 Å². The second kappa shape index (κ2) is 4.46. The van der Waals surface area contributed by atoms with Crippen molar-refractivity contribution >= 4 is 17.3 Å². The van der Waals surface area contributed by atoms with Crippen LogP contribution in [0.15, 0.2) is 18.2 Å². The van der Waals surface area contributed by atoms with Gasteiger partial charge in [0.05, 0.1) is 0 Å². The molecule has 0 bridgehead atoms. The Balaban J connectivity index is 1.74. The molecule has 92 valence electrons. The van der Waals surface area contributed by atoms with E-state index in [2.05, 4.69) is 10.2 Å². The van der Waals surface area contributed by atoms with Crippen LogP contribution >= 0.6 is 11.6 Å². The molecule has 2 heterocycles. The molecule has 17 heavy (non-hydrogen) atoms. The van der Waals surface area contributed by atoms with Crippen LogP contribution in [0, 0.1) is 5.82 Å². The molecular formula is C13H16ClFN2. The van der Waals surface area contributed by atoms with Gasteiger partial charge in [-0.3, -0.25) is 4.90 Å². The van der Waals surface area contributed by atoms with Crippen molar-refractivity contribution in [3.05, 3.63) is 29.0 Å². The number of hydrogen-bond donors (Lipinski definition) is 1. The highest BCUT2D eigenvalue weighted by atomic mass is 35.5.